The summed E-state index contributed by atoms with van der Waals surface area (Å²) in [7, 11) is 0. The number of primary amides is 1. The van der Waals surface area contributed by atoms with Gasteiger partial charge in [0.05, 0.1) is 5.56 Å². The second-order valence-electron chi connectivity index (χ2n) is 6.42. The summed E-state index contributed by atoms with van der Waals surface area (Å²) in [5.74, 6) is 0.305. The molecule has 1 aromatic heterocycles. The van der Waals surface area contributed by atoms with Crippen LogP contribution in [0.3, 0.4) is 0 Å². The largest absolute Gasteiger partial charge is 0.398 e. The minimum atomic E-state index is -0.237. The van der Waals surface area contributed by atoms with Crippen molar-refractivity contribution in [2.45, 2.75) is 19.4 Å². The van der Waals surface area contributed by atoms with Crippen LogP contribution in [-0.4, -0.2) is 29.9 Å². The fourth-order valence-corrected chi connectivity index (χ4v) is 3.20. The van der Waals surface area contributed by atoms with Gasteiger partial charge in [-0.05, 0) is 31.0 Å². The number of nitrogens with one attached hydrogen (secondary N) is 1. The molecule has 3 rings (SSSR count). The standard InChI is InChI=1S/C19H23N5O2/c20-16-6-2-1-5-15(16)19(26)23-12-14-4-3-9-22-18(14)24-10-7-13(8-11-24)17(21)25/h1-6,9,13H,7-8,10-12,20H2,(H2,21,25)(H,23,26). The van der Waals surface area contributed by atoms with Gasteiger partial charge in [0.15, 0.2) is 0 Å². The maximum Gasteiger partial charge on any atom is 0.253 e. The summed E-state index contributed by atoms with van der Waals surface area (Å²) >= 11 is 0. The molecule has 0 bridgehead atoms. The lowest BCUT2D eigenvalue weighted by Crippen LogP contribution is -2.39. The van der Waals surface area contributed by atoms with Gasteiger partial charge in [-0.25, -0.2) is 4.98 Å². The van der Waals surface area contributed by atoms with Crippen LogP contribution < -0.4 is 21.7 Å². The highest BCUT2D eigenvalue weighted by Gasteiger charge is 2.25. The Morgan fingerprint density at radius 1 is 1.15 bits per heavy atom. The number of aromatic nitrogens is 1. The highest BCUT2D eigenvalue weighted by Crippen LogP contribution is 2.24. The van der Waals surface area contributed by atoms with E-state index in [0.717, 1.165) is 37.3 Å². The molecule has 1 saturated heterocycles. The van der Waals surface area contributed by atoms with Gasteiger partial charge in [-0.15, -0.1) is 0 Å². The van der Waals surface area contributed by atoms with Crippen LogP contribution in [0.25, 0.3) is 0 Å². The van der Waals surface area contributed by atoms with Gasteiger partial charge in [0.25, 0.3) is 5.91 Å². The molecule has 2 heterocycles. The van der Waals surface area contributed by atoms with Gasteiger partial charge >= 0.3 is 0 Å². The van der Waals surface area contributed by atoms with Crippen molar-refractivity contribution >= 4 is 23.3 Å². The summed E-state index contributed by atoms with van der Waals surface area (Å²) < 4.78 is 0. The van der Waals surface area contributed by atoms with E-state index >= 15 is 0 Å². The summed E-state index contributed by atoms with van der Waals surface area (Å²) in [6, 6.07) is 10.8. The van der Waals surface area contributed by atoms with Crippen molar-refractivity contribution in [1.29, 1.82) is 0 Å². The van der Waals surface area contributed by atoms with Gasteiger partial charge in [0.1, 0.15) is 5.82 Å². The molecule has 0 unspecified atom stereocenters. The third-order valence-corrected chi connectivity index (χ3v) is 4.71. The first kappa shape index (κ1) is 17.7. The molecule has 136 valence electrons. The molecule has 5 N–H and O–H groups in total. The molecular formula is C19H23N5O2. The average Bonchev–Trinajstić information content (AvgIpc) is 2.67. The summed E-state index contributed by atoms with van der Waals surface area (Å²) in [4.78, 5) is 30.3. The van der Waals surface area contributed by atoms with Crippen LogP contribution >= 0.6 is 0 Å². The smallest absolute Gasteiger partial charge is 0.253 e. The van der Waals surface area contributed by atoms with Crippen molar-refractivity contribution in [3.63, 3.8) is 0 Å². The molecule has 0 spiro atoms. The van der Waals surface area contributed by atoms with Crippen molar-refractivity contribution in [3.05, 3.63) is 53.7 Å². The zero-order valence-corrected chi connectivity index (χ0v) is 14.5. The summed E-state index contributed by atoms with van der Waals surface area (Å²) in [5.41, 5.74) is 13.1. The fourth-order valence-electron chi connectivity index (χ4n) is 3.20. The molecule has 0 aliphatic carbocycles. The van der Waals surface area contributed by atoms with Crippen molar-refractivity contribution < 1.29 is 9.59 Å². The van der Waals surface area contributed by atoms with Crippen molar-refractivity contribution in [1.82, 2.24) is 10.3 Å². The minimum absolute atomic E-state index is 0.0702. The summed E-state index contributed by atoms with van der Waals surface area (Å²) in [6.45, 7) is 1.79. The highest BCUT2D eigenvalue weighted by molar-refractivity contribution is 5.99. The summed E-state index contributed by atoms with van der Waals surface area (Å²) in [5, 5.41) is 2.90. The maximum absolute atomic E-state index is 12.4. The van der Waals surface area contributed by atoms with Crippen molar-refractivity contribution in [3.8, 4) is 0 Å². The van der Waals surface area contributed by atoms with E-state index in [2.05, 4.69) is 15.2 Å². The zero-order chi connectivity index (χ0) is 18.5. The van der Waals surface area contributed by atoms with E-state index < -0.39 is 0 Å². The predicted molar refractivity (Wildman–Crippen MR) is 100 cm³/mol. The lowest BCUT2D eigenvalue weighted by molar-refractivity contribution is -0.122. The van der Waals surface area contributed by atoms with Crippen LogP contribution in [0.2, 0.25) is 0 Å². The Hall–Kier alpha value is -3.09. The van der Waals surface area contributed by atoms with Gasteiger partial charge in [0, 0.05) is 43.0 Å². The number of hydrogen-bond donors (Lipinski definition) is 3. The van der Waals surface area contributed by atoms with E-state index in [9.17, 15) is 9.59 Å². The summed E-state index contributed by atoms with van der Waals surface area (Å²) in [6.07, 6.45) is 3.17. The third-order valence-electron chi connectivity index (χ3n) is 4.71. The maximum atomic E-state index is 12.4. The number of nitrogen functional groups attached to an aromatic ring is 1. The molecule has 2 amide bonds. The number of benzene rings is 1. The van der Waals surface area contributed by atoms with Crippen LogP contribution in [0, 0.1) is 5.92 Å². The minimum Gasteiger partial charge on any atom is -0.398 e. The number of para-hydroxylation sites is 1. The number of pyridine rings is 1. The Balaban J connectivity index is 1.67. The average molecular weight is 353 g/mol. The lowest BCUT2D eigenvalue weighted by atomic mass is 9.96. The first-order chi connectivity index (χ1) is 12.6. The first-order valence-electron chi connectivity index (χ1n) is 8.67. The first-order valence-corrected chi connectivity index (χ1v) is 8.67. The van der Waals surface area contributed by atoms with Crippen LogP contribution in [-0.2, 0) is 11.3 Å². The van der Waals surface area contributed by atoms with E-state index in [4.69, 9.17) is 11.5 Å². The van der Waals surface area contributed by atoms with Gasteiger partial charge in [0.2, 0.25) is 5.91 Å². The number of nitrogens with zero attached hydrogens (tertiary/aromatic N) is 2. The van der Waals surface area contributed by atoms with E-state index in [1.165, 1.54) is 0 Å². The Labute approximate surface area is 152 Å². The number of carbonyl (C=O) groups is 2. The predicted octanol–water partition coefficient (Wildman–Crippen LogP) is 1.30. The normalized spacial score (nSPS) is 14.8. The molecule has 0 saturated carbocycles. The number of amides is 2. The Morgan fingerprint density at radius 2 is 1.88 bits per heavy atom. The van der Waals surface area contributed by atoms with Gasteiger partial charge in [-0.3, -0.25) is 9.59 Å². The topological polar surface area (TPSA) is 114 Å². The molecule has 1 aromatic carbocycles. The second-order valence-corrected chi connectivity index (χ2v) is 6.42. The SMILES string of the molecule is NC(=O)C1CCN(c2ncccc2CNC(=O)c2ccccc2N)CC1. The molecular weight excluding hydrogens is 330 g/mol. The molecule has 26 heavy (non-hydrogen) atoms. The van der Waals surface area contributed by atoms with Crippen LogP contribution in [0.15, 0.2) is 42.6 Å². The number of carbonyl (C=O) groups excluding carboxylic acids is 2. The van der Waals surface area contributed by atoms with E-state index in [1.54, 1.807) is 30.5 Å². The van der Waals surface area contributed by atoms with Crippen molar-refractivity contribution in [2.24, 2.45) is 11.7 Å². The Kier molecular flexibility index (Phi) is 5.36. The van der Waals surface area contributed by atoms with Crippen LogP contribution in [0.1, 0.15) is 28.8 Å². The zero-order valence-electron chi connectivity index (χ0n) is 14.5. The van der Waals surface area contributed by atoms with Crippen LogP contribution in [0.4, 0.5) is 11.5 Å². The van der Waals surface area contributed by atoms with Gasteiger partial charge < -0.3 is 21.7 Å². The Morgan fingerprint density at radius 3 is 2.58 bits per heavy atom. The van der Waals surface area contributed by atoms with Gasteiger partial charge in [-0.2, -0.15) is 0 Å². The molecule has 2 aromatic rings. The molecule has 1 aliphatic heterocycles. The lowest BCUT2D eigenvalue weighted by Gasteiger charge is -2.32. The molecule has 1 aliphatic rings. The quantitative estimate of drug-likeness (QED) is 0.701. The van der Waals surface area contributed by atoms with E-state index in [-0.39, 0.29) is 17.7 Å². The molecule has 0 radical (unpaired) electrons. The van der Waals surface area contributed by atoms with Crippen molar-refractivity contribution in [2.75, 3.05) is 23.7 Å². The molecule has 1 fully saturated rings. The van der Waals surface area contributed by atoms with Crippen LogP contribution in [0.5, 0.6) is 0 Å². The fraction of sp³-hybridized carbons (Fsp3) is 0.316. The number of nitrogens with two attached hydrogens (primary N) is 2. The Bertz CT molecular complexity index is 800. The number of rotatable bonds is 5. The highest BCUT2D eigenvalue weighted by atomic mass is 16.2. The number of anilines is 2. The molecule has 7 nitrogen and oxygen atoms in total. The van der Waals surface area contributed by atoms with E-state index in [1.807, 2.05) is 12.1 Å². The second kappa shape index (κ2) is 7.86. The molecule has 0 atom stereocenters. The number of piperidine rings is 1. The van der Waals surface area contributed by atoms with E-state index in [0.29, 0.717) is 17.8 Å². The number of hydrogen-bond acceptors (Lipinski definition) is 5. The monoisotopic (exact) mass is 353 g/mol. The van der Waals surface area contributed by atoms with Gasteiger partial charge in [-0.1, -0.05) is 18.2 Å². The third kappa shape index (κ3) is 3.93. The molecule has 7 heteroatoms.